The Bertz CT molecular complexity index is 493. The third-order valence-electron chi connectivity index (χ3n) is 5.86. The topological polar surface area (TPSA) is 56.7 Å². The lowest BCUT2D eigenvalue weighted by Crippen LogP contribution is -2.49. The molecule has 25 heavy (non-hydrogen) atoms. The van der Waals surface area contributed by atoms with Crippen molar-refractivity contribution in [2.75, 3.05) is 32.9 Å². The normalized spacial score (nSPS) is 33.9. The Morgan fingerprint density at radius 2 is 2.12 bits per heavy atom. The molecule has 3 fully saturated rings. The number of likely N-dealkylation sites (N-methyl/N-ethyl adjacent to an activating group) is 1. The third-order valence-corrected chi connectivity index (χ3v) is 7.40. The van der Waals surface area contributed by atoms with Gasteiger partial charge in [-0.2, -0.15) is 11.8 Å². The number of fused-ring (bicyclic) bond motifs is 2. The van der Waals surface area contributed by atoms with Gasteiger partial charge in [-0.3, -0.25) is 4.79 Å². The van der Waals surface area contributed by atoms with Crippen LogP contribution in [0, 0.1) is 11.8 Å². The molecule has 0 aromatic rings. The van der Waals surface area contributed by atoms with E-state index in [4.69, 9.17) is 0 Å². The highest BCUT2D eigenvalue weighted by Gasteiger charge is 2.40. The van der Waals surface area contributed by atoms with Gasteiger partial charge in [-0.05, 0) is 56.6 Å². The van der Waals surface area contributed by atoms with Crippen molar-refractivity contribution in [2.45, 2.75) is 56.2 Å². The van der Waals surface area contributed by atoms with Crippen LogP contribution >= 0.6 is 35.7 Å². The van der Waals surface area contributed by atoms with Gasteiger partial charge in [0.05, 0.1) is 0 Å². The van der Waals surface area contributed by atoms with Gasteiger partial charge in [0, 0.05) is 31.4 Å². The fourth-order valence-electron chi connectivity index (χ4n) is 4.28. The summed E-state index contributed by atoms with van der Waals surface area (Å²) in [6.07, 6.45) is 7.93. The van der Waals surface area contributed by atoms with E-state index < -0.39 is 0 Å². The number of halogens is 1. The van der Waals surface area contributed by atoms with Gasteiger partial charge in [-0.15, -0.1) is 24.0 Å². The first kappa shape index (κ1) is 21.1. The first-order chi connectivity index (χ1) is 11.5. The zero-order valence-corrected chi connectivity index (χ0v) is 18.9. The molecule has 0 radical (unpaired) electrons. The minimum Gasteiger partial charge on any atom is -0.355 e. The molecule has 7 heteroatoms. The summed E-state index contributed by atoms with van der Waals surface area (Å²) in [6, 6.07) is 0.536. The molecule has 3 rings (SSSR count). The van der Waals surface area contributed by atoms with Crippen molar-refractivity contribution in [3.8, 4) is 0 Å². The largest absolute Gasteiger partial charge is 0.355 e. The molecule has 0 spiro atoms. The number of nitrogens with zero attached hydrogens (tertiary/aromatic N) is 2. The Hall–Kier alpha value is -0.180. The van der Waals surface area contributed by atoms with Gasteiger partial charge >= 0.3 is 0 Å². The summed E-state index contributed by atoms with van der Waals surface area (Å²) in [5.74, 6) is 3.83. The van der Waals surface area contributed by atoms with Crippen molar-refractivity contribution in [1.29, 1.82) is 0 Å². The molecule has 4 atom stereocenters. The molecule has 1 heterocycles. The lowest BCUT2D eigenvalue weighted by atomic mass is 9.95. The molecule has 4 unspecified atom stereocenters. The number of hydrogen-bond donors (Lipinski definition) is 2. The van der Waals surface area contributed by atoms with Gasteiger partial charge in [0.1, 0.15) is 6.54 Å². The van der Waals surface area contributed by atoms with Gasteiger partial charge < -0.3 is 15.5 Å². The molecule has 0 aromatic heterocycles. The van der Waals surface area contributed by atoms with Gasteiger partial charge in [0.2, 0.25) is 5.91 Å². The predicted octanol–water partition coefficient (Wildman–Crippen LogP) is 2.70. The smallest absolute Gasteiger partial charge is 0.243 e. The summed E-state index contributed by atoms with van der Waals surface area (Å²) in [7, 11) is 3.56. The van der Waals surface area contributed by atoms with E-state index in [0.29, 0.717) is 10.8 Å². The molecular formula is C18H33IN4OS. The van der Waals surface area contributed by atoms with Crippen LogP contribution in [0.3, 0.4) is 0 Å². The third kappa shape index (κ3) is 5.65. The van der Waals surface area contributed by atoms with Crippen LogP contribution in [0.25, 0.3) is 0 Å². The summed E-state index contributed by atoms with van der Waals surface area (Å²) < 4.78 is 0.294. The van der Waals surface area contributed by atoms with E-state index in [-0.39, 0.29) is 36.4 Å². The Balaban J connectivity index is 0.00000225. The zero-order valence-electron chi connectivity index (χ0n) is 15.7. The highest BCUT2D eigenvalue weighted by atomic mass is 127. The van der Waals surface area contributed by atoms with Crippen molar-refractivity contribution in [2.24, 2.45) is 16.8 Å². The van der Waals surface area contributed by atoms with Crippen LogP contribution in [0.2, 0.25) is 0 Å². The van der Waals surface area contributed by atoms with Crippen molar-refractivity contribution >= 4 is 47.6 Å². The number of carbonyl (C=O) groups is 1. The number of hydrogen-bond acceptors (Lipinski definition) is 3. The lowest BCUT2D eigenvalue weighted by Gasteiger charge is -2.28. The second-order valence-corrected chi connectivity index (χ2v) is 9.82. The summed E-state index contributed by atoms with van der Waals surface area (Å²) >= 11 is 2.05. The molecule has 1 aliphatic heterocycles. The van der Waals surface area contributed by atoms with Crippen molar-refractivity contribution in [1.82, 2.24) is 15.5 Å². The van der Waals surface area contributed by atoms with E-state index in [1.54, 1.807) is 19.0 Å². The van der Waals surface area contributed by atoms with Crippen molar-refractivity contribution in [3.05, 3.63) is 0 Å². The zero-order chi connectivity index (χ0) is 17.2. The van der Waals surface area contributed by atoms with Crippen LogP contribution in [0.5, 0.6) is 0 Å². The van der Waals surface area contributed by atoms with E-state index in [1.807, 2.05) is 0 Å². The predicted molar refractivity (Wildman–Crippen MR) is 117 cm³/mol. The standard InChI is InChI=1S/C18H32N4OS.HI/c1-18(7-4-8-24-18)12-20-17(19-11-16(23)22(2)3)21-15-10-13-5-6-14(15)9-13;/h13-15H,4-12H2,1-3H3,(H2,19,20,21);1H. The summed E-state index contributed by atoms with van der Waals surface area (Å²) in [5, 5.41) is 7.17. The number of nitrogens with one attached hydrogen (secondary N) is 2. The summed E-state index contributed by atoms with van der Waals surface area (Å²) in [5.41, 5.74) is 0. The average Bonchev–Trinajstić information content (AvgIpc) is 3.26. The second kappa shape index (κ2) is 9.15. The molecule has 1 saturated heterocycles. The van der Waals surface area contributed by atoms with Crippen LogP contribution < -0.4 is 10.6 Å². The molecular weight excluding hydrogens is 447 g/mol. The number of amides is 1. The van der Waals surface area contributed by atoms with Gasteiger partial charge in [-0.25, -0.2) is 4.99 Å². The SMILES string of the molecule is CN(C)C(=O)CN=C(NCC1(C)CCCS1)NC1CC2CCC1C2.I. The molecule has 0 aromatic carbocycles. The maximum atomic E-state index is 11.9. The van der Waals surface area contributed by atoms with Crippen molar-refractivity contribution in [3.63, 3.8) is 0 Å². The molecule has 2 aliphatic carbocycles. The first-order valence-electron chi connectivity index (χ1n) is 9.34. The van der Waals surface area contributed by atoms with E-state index in [9.17, 15) is 4.79 Å². The van der Waals surface area contributed by atoms with E-state index in [1.165, 1.54) is 44.3 Å². The Morgan fingerprint density at radius 1 is 1.32 bits per heavy atom. The molecule has 5 nitrogen and oxygen atoms in total. The fourth-order valence-corrected chi connectivity index (χ4v) is 5.53. The minimum atomic E-state index is 0. The van der Waals surface area contributed by atoms with E-state index in [0.717, 1.165) is 24.3 Å². The van der Waals surface area contributed by atoms with Crippen LogP contribution in [0.1, 0.15) is 45.4 Å². The quantitative estimate of drug-likeness (QED) is 0.361. The highest BCUT2D eigenvalue weighted by molar-refractivity contribution is 14.0. The highest BCUT2D eigenvalue weighted by Crippen LogP contribution is 2.44. The van der Waals surface area contributed by atoms with Crippen LogP contribution in [0.4, 0.5) is 0 Å². The lowest BCUT2D eigenvalue weighted by molar-refractivity contribution is -0.127. The Labute approximate surface area is 173 Å². The number of rotatable bonds is 5. The Morgan fingerprint density at radius 3 is 2.68 bits per heavy atom. The first-order valence-corrected chi connectivity index (χ1v) is 10.3. The monoisotopic (exact) mass is 480 g/mol. The molecule has 1 amide bonds. The molecule has 2 bridgehead atoms. The molecule has 2 saturated carbocycles. The summed E-state index contributed by atoms with van der Waals surface area (Å²) in [4.78, 5) is 18.1. The maximum absolute atomic E-state index is 11.9. The van der Waals surface area contributed by atoms with Gasteiger partial charge in [0.15, 0.2) is 5.96 Å². The van der Waals surface area contributed by atoms with Crippen LogP contribution in [0.15, 0.2) is 4.99 Å². The second-order valence-electron chi connectivity index (χ2n) is 8.13. The van der Waals surface area contributed by atoms with Crippen molar-refractivity contribution < 1.29 is 4.79 Å². The average molecular weight is 480 g/mol. The van der Waals surface area contributed by atoms with Gasteiger partial charge in [0.25, 0.3) is 0 Å². The van der Waals surface area contributed by atoms with Gasteiger partial charge in [-0.1, -0.05) is 6.42 Å². The fraction of sp³-hybridized carbons (Fsp3) is 0.889. The van der Waals surface area contributed by atoms with Crippen LogP contribution in [-0.4, -0.2) is 60.5 Å². The Kier molecular flexibility index (Phi) is 7.73. The maximum Gasteiger partial charge on any atom is 0.243 e. The molecule has 2 N–H and O–H groups in total. The number of aliphatic imine (C=N–C) groups is 1. The molecule has 144 valence electrons. The molecule has 3 aliphatic rings. The number of guanidine groups is 1. The van der Waals surface area contributed by atoms with E-state index >= 15 is 0 Å². The summed E-state index contributed by atoms with van der Waals surface area (Å²) in [6.45, 7) is 3.46. The van der Waals surface area contributed by atoms with Crippen LogP contribution in [-0.2, 0) is 4.79 Å². The minimum absolute atomic E-state index is 0. The number of thioether (sulfide) groups is 1. The number of carbonyl (C=O) groups excluding carboxylic acids is 1. The van der Waals surface area contributed by atoms with E-state index in [2.05, 4.69) is 34.3 Å².